The zero-order chi connectivity index (χ0) is 14.8. The molecule has 0 unspecified atom stereocenters. The van der Waals surface area contributed by atoms with Crippen LogP contribution in [0.5, 0.6) is 5.75 Å². The van der Waals surface area contributed by atoms with Crippen molar-refractivity contribution < 1.29 is 13.2 Å². The molecule has 0 saturated heterocycles. The number of nitrogens with zero attached hydrogens (tertiary/aromatic N) is 3. The zero-order valence-corrected chi connectivity index (χ0v) is 12.2. The van der Waals surface area contributed by atoms with Crippen molar-refractivity contribution in [1.29, 1.82) is 0 Å². The maximum absolute atomic E-state index is 11.3. The minimum absolute atomic E-state index is 0.0813. The van der Waals surface area contributed by atoms with Crippen LogP contribution in [0.25, 0.3) is 0 Å². The van der Waals surface area contributed by atoms with E-state index in [2.05, 4.69) is 10.2 Å². The molecule has 0 atom stereocenters. The molecular weight excluding hydrogens is 304 g/mol. The third-order valence-electron chi connectivity index (χ3n) is 2.55. The van der Waals surface area contributed by atoms with E-state index in [1.807, 2.05) is 0 Å². The van der Waals surface area contributed by atoms with Crippen molar-refractivity contribution >= 4 is 21.6 Å². The summed E-state index contributed by atoms with van der Waals surface area (Å²) >= 11 is 5.77. The van der Waals surface area contributed by atoms with Crippen LogP contribution in [-0.2, 0) is 23.2 Å². The van der Waals surface area contributed by atoms with Gasteiger partial charge in [0.25, 0.3) is 15.2 Å². The van der Waals surface area contributed by atoms with Gasteiger partial charge in [0.15, 0.2) is 5.82 Å². The third kappa shape index (κ3) is 3.27. The maximum Gasteiger partial charge on any atom is 0.273 e. The lowest BCUT2D eigenvalue weighted by atomic mass is 10.3. The van der Waals surface area contributed by atoms with E-state index >= 15 is 0 Å². The van der Waals surface area contributed by atoms with Crippen molar-refractivity contribution in [2.24, 2.45) is 5.14 Å². The molecular formula is C11H13ClN4O3S. The van der Waals surface area contributed by atoms with Gasteiger partial charge in [-0.3, -0.25) is 4.57 Å². The number of hydrogen-bond donors (Lipinski definition) is 1. The quantitative estimate of drug-likeness (QED) is 0.892. The van der Waals surface area contributed by atoms with E-state index in [0.717, 1.165) is 0 Å². The predicted octanol–water partition coefficient (Wildman–Crippen LogP) is 1.18. The molecule has 108 valence electrons. The van der Waals surface area contributed by atoms with Gasteiger partial charge in [0, 0.05) is 11.6 Å². The van der Waals surface area contributed by atoms with E-state index in [-0.39, 0.29) is 11.8 Å². The number of sulfonamides is 1. The zero-order valence-electron chi connectivity index (χ0n) is 10.7. The van der Waals surface area contributed by atoms with Gasteiger partial charge in [0.2, 0.25) is 0 Å². The lowest BCUT2D eigenvalue weighted by Gasteiger charge is -2.08. The minimum Gasteiger partial charge on any atom is -0.486 e. The molecule has 0 radical (unpaired) electrons. The van der Waals surface area contributed by atoms with Crippen LogP contribution in [0.1, 0.15) is 12.7 Å². The summed E-state index contributed by atoms with van der Waals surface area (Å²) in [5, 5.41) is 12.8. The monoisotopic (exact) mass is 316 g/mol. The predicted molar refractivity (Wildman–Crippen MR) is 72.9 cm³/mol. The summed E-state index contributed by atoms with van der Waals surface area (Å²) in [4.78, 5) is 0. The summed E-state index contributed by atoms with van der Waals surface area (Å²) < 4.78 is 29.6. The van der Waals surface area contributed by atoms with Gasteiger partial charge in [-0.25, -0.2) is 13.6 Å². The Morgan fingerprint density at radius 3 is 2.50 bits per heavy atom. The number of halogens is 1. The van der Waals surface area contributed by atoms with Crippen molar-refractivity contribution in [3.63, 3.8) is 0 Å². The fraction of sp³-hybridized carbons (Fsp3) is 0.273. The standard InChI is InChI=1S/C11H13ClN4O3S/c1-2-16-10(14-15-11(16)20(13,17)18)7-19-9-5-3-8(12)4-6-9/h3-6H,2,7H2,1H3,(H2,13,17,18). The summed E-state index contributed by atoms with van der Waals surface area (Å²) in [6.45, 7) is 2.22. The number of hydrogen-bond acceptors (Lipinski definition) is 5. The molecule has 0 bridgehead atoms. The minimum atomic E-state index is -3.90. The van der Waals surface area contributed by atoms with Crippen LogP contribution in [0, 0.1) is 0 Å². The first-order valence-corrected chi connectivity index (χ1v) is 7.67. The molecule has 1 heterocycles. The summed E-state index contributed by atoms with van der Waals surface area (Å²) in [7, 11) is -3.90. The van der Waals surface area contributed by atoms with Crippen molar-refractivity contribution in [3.05, 3.63) is 35.1 Å². The molecule has 0 aliphatic rings. The topological polar surface area (TPSA) is 100 Å². The number of nitrogens with two attached hydrogens (primary N) is 1. The van der Waals surface area contributed by atoms with Gasteiger partial charge in [0.05, 0.1) is 0 Å². The first kappa shape index (κ1) is 14.8. The Bertz CT molecular complexity index is 697. The van der Waals surface area contributed by atoms with E-state index in [1.54, 1.807) is 31.2 Å². The fourth-order valence-corrected chi connectivity index (χ4v) is 2.45. The Balaban J connectivity index is 2.18. The van der Waals surface area contributed by atoms with Crippen molar-refractivity contribution in [3.8, 4) is 5.75 Å². The number of ether oxygens (including phenoxy) is 1. The number of rotatable bonds is 5. The van der Waals surface area contributed by atoms with Crippen molar-refractivity contribution in [2.75, 3.05) is 0 Å². The highest BCUT2D eigenvalue weighted by molar-refractivity contribution is 7.89. The van der Waals surface area contributed by atoms with Gasteiger partial charge in [-0.05, 0) is 31.2 Å². The second-order valence-electron chi connectivity index (χ2n) is 3.93. The molecule has 20 heavy (non-hydrogen) atoms. The number of benzene rings is 1. The summed E-state index contributed by atoms with van der Waals surface area (Å²) in [5.74, 6) is 0.976. The second kappa shape index (κ2) is 5.78. The van der Waals surface area contributed by atoms with Crippen molar-refractivity contribution in [1.82, 2.24) is 14.8 Å². The lowest BCUT2D eigenvalue weighted by Crippen LogP contribution is -2.19. The van der Waals surface area contributed by atoms with E-state index in [1.165, 1.54) is 4.57 Å². The number of aromatic nitrogens is 3. The van der Waals surface area contributed by atoms with Gasteiger partial charge in [-0.2, -0.15) is 0 Å². The van der Waals surface area contributed by atoms with Gasteiger partial charge >= 0.3 is 0 Å². The molecule has 0 spiro atoms. The highest BCUT2D eigenvalue weighted by Gasteiger charge is 2.20. The Morgan fingerprint density at radius 2 is 1.95 bits per heavy atom. The normalized spacial score (nSPS) is 11.6. The largest absolute Gasteiger partial charge is 0.486 e. The van der Waals surface area contributed by atoms with Crippen LogP contribution in [-0.4, -0.2) is 23.2 Å². The van der Waals surface area contributed by atoms with Crippen LogP contribution in [0.2, 0.25) is 5.02 Å². The fourth-order valence-electron chi connectivity index (χ4n) is 1.63. The average Bonchev–Trinajstić information content (AvgIpc) is 2.81. The smallest absolute Gasteiger partial charge is 0.273 e. The summed E-state index contributed by atoms with van der Waals surface area (Å²) in [6, 6.07) is 6.79. The Hall–Kier alpha value is -1.64. The molecule has 7 nitrogen and oxygen atoms in total. The van der Waals surface area contributed by atoms with E-state index < -0.39 is 10.0 Å². The molecule has 0 amide bonds. The molecule has 0 saturated carbocycles. The molecule has 2 aromatic rings. The highest BCUT2D eigenvalue weighted by atomic mass is 35.5. The van der Waals surface area contributed by atoms with Crippen LogP contribution in [0.3, 0.4) is 0 Å². The Kier molecular flexibility index (Phi) is 4.26. The molecule has 1 aromatic carbocycles. The molecule has 2 rings (SSSR count). The van der Waals surface area contributed by atoms with Gasteiger partial charge < -0.3 is 4.74 Å². The van der Waals surface area contributed by atoms with Crippen LogP contribution >= 0.6 is 11.6 Å². The van der Waals surface area contributed by atoms with Gasteiger partial charge in [-0.1, -0.05) is 11.6 Å². The maximum atomic E-state index is 11.3. The van der Waals surface area contributed by atoms with Crippen LogP contribution in [0.15, 0.2) is 29.4 Å². The van der Waals surface area contributed by atoms with Crippen LogP contribution in [0.4, 0.5) is 0 Å². The van der Waals surface area contributed by atoms with Crippen LogP contribution < -0.4 is 9.88 Å². The average molecular weight is 317 g/mol. The number of primary sulfonamides is 1. The van der Waals surface area contributed by atoms with E-state index in [4.69, 9.17) is 21.5 Å². The first-order chi connectivity index (χ1) is 9.41. The van der Waals surface area contributed by atoms with Gasteiger partial charge in [0.1, 0.15) is 12.4 Å². The molecule has 0 aliphatic carbocycles. The summed E-state index contributed by atoms with van der Waals surface area (Å²) in [6.07, 6.45) is 0. The van der Waals surface area contributed by atoms with E-state index in [9.17, 15) is 8.42 Å². The van der Waals surface area contributed by atoms with Crippen molar-refractivity contribution in [2.45, 2.75) is 25.2 Å². The molecule has 2 N–H and O–H groups in total. The molecule has 0 aliphatic heterocycles. The Morgan fingerprint density at radius 1 is 1.30 bits per heavy atom. The second-order valence-corrected chi connectivity index (χ2v) is 5.82. The highest BCUT2D eigenvalue weighted by Crippen LogP contribution is 2.17. The van der Waals surface area contributed by atoms with E-state index in [0.29, 0.717) is 23.1 Å². The lowest BCUT2D eigenvalue weighted by molar-refractivity contribution is 0.288. The summed E-state index contributed by atoms with van der Waals surface area (Å²) in [5.41, 5.74) is 0. The molecule has 1 aromatic heterocycles. The van der Waals surface area contributed by atoms with Gasteiger partial charge in [-0.15, -0.1) is 10.2 Å². The molecule has 0 fully saturated rings. The SMILES string of the molecule is CCn1c(COc2ccc(Cl)cc2)nnc1S(N)(=O)=O. The molecule has 9 heteroatoms. The Labute approximate surface area is 121 Å². The third-order valence-corrected chi connectivity index (χ3v) is 3.61. The first-order valence-electron chi connectivity index (χ1n) is 5.75.